The average Bonchev–Trinajstić information content (AvgIpc) is 3.41. The van der Waals surface area contributed by atoms with Gasteiger partial charge in [0.25, 0.3) is 0 Å². The maximum atomic E-state index is 13.5. The maximum Gasteiger partial charge on any atom is 0.433 e. The minimum absolute atomic E-state index is 0.0648. The number of halogens is 4. The number of anilines is 2. The highest BCUT2D eigenvalue weighted by atomic mass is 35.5. The first-order chi connectivity index (χ1) is 16.0. The van der Waals surface area contributed by atoms with E-state index >= 15 is 0 Å². The minimum Gasteiger partial charge on any atom is -0.447 e. The number of aliphatic hydroxyl groups excluding tert-OH is 1. The van der Waals surface area contributed by atoms with E-state index in [0.717, 1.165) is 4.90 Å². The number of nitrogens with zero attached hydrogens (tertiary/aromatic N) is 5. The van der Waals surface area contributed by atoms with E-state index in [-0.39, 0.29) is 24.1 Å². The number of hydrogen-bond donors (Lipinski definition) is 2. The highest BCUT2D eigenvalue weighted by molar-refractivity contribution is 6.30. The number of hydrogen-bond acceptors (Lipinski definition) is 9. The first kappa shape index (κ1) is 23.7. The van der Waals surface area contributed by atoms with Crippen LogP contribution in [0.2, 0.25) is 5.02 Å². The van der Waals surface area contributed by atoms with Crippen LogP contribution in [-0.2, 0) is 10.9 Å². The predicted molar refractivity (Wildman–Crippen MR) is 113 cm³/mol. The second-order valence-corrected chi connectivity index (χ2v) is 7.95. The molecule has 0 bridgehead atoms. The van der Waals surface area contributed by atoms with E-state index in [4.69, 9.17) is 20.9 Å². The molecule has 1 unspecified atom stereocenters. The molecule has 1 fully saturated rings. The number of aliphatic hydroxyl groups is 1. The molecule has 4 rings (SSSR count). The fourth-order valence-electron chi connectivity index (χ4n) is 3.20. The Bertz CT molecular complexity index is 1190. The van der Waals surface area contributed by atoms with E-state index in [0.29, 0.717) is 16.7 Å². The van der Waals surface area contributed by atoms with Crippen molar-refractivity contribution in [3.63, 3.8) is 0 Å². The van der Waals surface area contributed by atoms with Gasteiger partial charge in [0.2, 0.25) is 17.7 Å². The summed E-state index contributed by atoms with van der Waals surface area (Å²) in [5, 5.41) is 17.0. The van der Waals surface area contributed by atoms with Gasteiger partial charge in [-0.15, -0.1) is 0 Å². The Labute approximate surface area is 195 Å². The van der Waals surface area contributed by atoms with E-state index in [9.17, 15) is 23.1 Å². The van der Waals surface area contributed by atoms with Crippen LogP contribution in [0.4, 0.5) is 29.7 Å². The van der Waals surface area contributed by atoms with Crippen molar-refractivity contribution in [2.45, 2.75) is 38.2 Å². The molecule has 3 heterocycles. The number of ether oxygens (including phenoxy) is 1. The second kappa shape index (κ2) is 9.06. The first-order valence-electron chi connectivity index (χ1n) is 9.99. The Morgan fingerprint density at radius 3 is 2.56 bits per heavy atom. The molecule has 3 aromatic rings. The largest absolute Gasteiger partial charge is 0.447 e. The van der Waals surface area contributed by atoms with Crippen LogP contribution in [0.3, 0.4) is 0 Å². The number of alkyl halides is 3. The molecule has 1 aliphatic heterocycles. The monoisotopic (exact) mass is 498 g/mol. The number of benzene rings is 1. The van der Waals surface area contributed by atoms with Gasteiger partial charge < -0.3 is 19.7 Å². The summed E-state index contributed by atoms with van der Waals surface area (Å²) in [6.07, 6.45) is -6.83. The molecule has 0 radical (unpaired) electrons. The molecule has 0 saturated carbocycles. The zero-order valence-corrected chi connectivity index (χ0v) is 18.5. The van der Waals surface area contributed by atoms with Crippen molar-refractivity contribution in [1.29, 1.82) is 0 Å². The van der Waals surface area contributed by atoms with Crippen molar-refractivity contribution in [1.82, 2.24) is 20.1 Å². The Balaban J connectivity index is 1.63. The lowest BCUT2D eigenvalue weighted by Gasteiger charge is -2.23. The van der Waals surface area contributed by atoms with E-state index in [1.165, 1.54) is 6.92 Å². The molecular formula is C20H18ClF3N6O4. The molecule has 10 nitrogen and oxygen atoms in total. The van der Waals surface area contributed by atoms with Crippen LogP contribution in [0, 0.1) is 0 Å². The van der Waals surface area contributed by atoms with Gasteiger partial charge in [-0.2, -0.15) is 23.1 Å². The highest BCUT2D eigenvalue weighted by Gasteiger charge is 2.41. The van der Waals surface area contributed by atoms with Crippen LogP contribution in [-0.4, -0.2) is 50.1 Å². The second-order valence-electron chi connectivity index (χ2n) is 7.52. The van der Waals surface area contributed by atoms with Crippen molar-refractivity contribution in [2.24, 2.45) is 0 Å². The van der Waals surface area contributed by atoms with E-state index in [1.54, 1.807) is 31.2 Å². The molecule has 1 aliphatic rings. The number of amides is 1. The lowest BCUT2D eigenvalue weighted by atomic mass is 10.2. The van der Waals surface area contributed by atoms with Gasteiger partial charge in [0.05, 0.1) is 6.10 Å². The normalized spacial score (nSPS) is 18.0. The van der Waals surface area contributed by atoms with Crippen molar-refractivity contribution in [3.8, 4) is 11.4 Å². The summed E-state index contributed by atoms with van der Waals surface area (Å²) >= 11 is 5.87. The van der Waals surface area contributed by atoms with Crippen molar-refractivity contribution >= 4 is 29.5 Å². The van der Waals surface area contributed by atoms with Gasteiger partial charge >= 0.3 is 12.3 Å². The predicted octanol–water partition coefficient (Wildman–Crippen LogP) is 4.08. The smallest absolute Gasteiger partial charge is 0.433 e. The number of aromatic nitrogens is 4. The fourth-order valence-corrected chi connectivity index (χ4v) is 3.33. The Kier molecular flexibility index (Phi) is 6.32. The molecular weight excluding hydrogens is 481 g/mol. The molecule has 1 amide bonds. The summed E-state index contributed by atoms with van der Waals surface area (Å²) in [7, 11) is 0. The highest BCUT2D eigenvalue weighted by Crippen LogP contribution is 2.33. The third kappa shape index (κ3) is 4.89. The van der Waals surface area contributed by atoms with Gasteiger partial charge in [0.15, 0.2) is 5.69 Å². The molecule has 1 aromatic carbocycles. The first-order valence-corrected chi connectivity index (χ1v) is 10.4. The number of rotatable bonds is 6. The van der Waals surface area contributed by atoms with E-state index in [2.05, 4.69) is 25.4 Å². The van der Waals surface area contributed by atoms with Crippen molar-refractivity contribution in [2.75, 3.05) is 16.8 Å². The summed E-state index contributed by atoms with van der Waals surface area (Å²) in [6.45, 7) is 2.75. The van der Waals surface area contributed by atoms with Crippen LogP contribution in [0.1, 0.15) is 31.5 Å². The molecule has 0 spiro atoms. The quantitative estimate of drug-likeness (QED) is 0.516. The van der Waals surface area contributed by atoms with Crippen molar-refractivity contribution in [3.05, 3.63) is 46.9 Å². The van der Waals surface area contributed by atoms with Gasteiger partial charge in [-0.05, 0) is 38.1 Å². The molecule has 34 heavy (non-hydrogen) atoms. The summed E-state index contributed by atoms with van der Waals surface area (Å²) in [5.41, 5.74) is -0.662. The summed E-state index contributed by atoms with van der Waals surface area (Å²) in [4.78, 5) is 24.8. The maximum absolute atomic E-state index is 13.5. The molecule has 14 heteroatoms. The summed E-state index contributed by atoms with van der Waals surface area (Å²) < 4.78 is 50.7. The van der Waals surface area contributed by atoms with Crippen LogP contribution < -0.4 is 10.2 Å². The summed E-state index contributed by atoms with van der Waals surface area (Å²) in [6, 6.07) is 5.58. The van der Waals surface area contributed by atoms with Gasteiger partial charge in [-0.25, -0.2) is 9.78 Å². The van der Waals surface area contributed by atoms with Crippen LogP contribution in [0.15, 0.2) is 34.9 Å². The SMILES string of the molecule is C[C@H](Nc1nc(N2C(=O)OCC2[C@@H](C)O)cc(C(F)(F)F)n1)c1nc(-c2ccc(Cl)cc2)no1. The Morgan fingerprint density at radius 2 is 1.91 bits per heavy atom. The number of carbonyl (C=O) groups is 1. The van der Waals surface area contributed by atoms with Crippen LogP contribution in [0.25, 0.3) is 11.4 Å². The third-order valence-electron chi connectivity index (χ3n) is 4.97. The standard InChI is InChI=1S/C20H18ClF3N6O4/c1-9(17-28-16(29-34-17)11-3-5-12(21)6-4-11)25-18-26-14(20(22,23)24)7-15(27-18)30-13(10(2)31)8-33-19(30)32/h3-7,9-10,13,31H,8H2,1-2H3,(H,25,26,27)/t9-,10+,13?/m0/s1. The van der Waals surface area contributed by atoms with Gasteiger partial charge in [-0.1, -0.05) is 16.8 Å². The van der Waals surface area contributed by atoms with E-state index in [1.807, 2.05) is 0 Å². The van der Waals surface area contributed by atoms with Crippen LogP contribution >= 0.6 is 11.6 Å². The Morgan fingerprint density at radius 1 is 1.21 bits per heavy atom. The number of cyclic esters (lactones) is 1. The lowest BCUT2D eigenvalue weighted by Crippen LogP contribution is -2.41. The molecule has 0 aliphatic carbocycles. The zero-order chi connectivity index (χ0) is 24.6. The molecule has 2 aromatic heterocycles. The average molecular weight is 499 g/mol. The third-order valence-corrected chi connectivity index (χ3v) is 5.22. The minimum atomic E-state index is -4.83. The number of nitrogens with one attached hydrogen (secondary N) is 1. The molecule has 180 valence electrons. The van der Waals surface area contributed by atoms with Crippen LogP contribution in [0.5, 0.6) is 0 Å². The summed E-state index contributed by atoms with van der Waals surface area (Å²) in [5.74, 6) is -0.495. The van der Waals surface area contributed by atoms with Crippen molar-refractivity contribution < 1.29 is 32.3 Å². The molecule has 2 N–H and O–H groups in total. The van der Waals surface area contributed by atoms with Gasteiger partial charge in [0.1, 0.15) is 24.5 Å². The molecule has 1 saturated heterocycles. The van der Waals surface area contributed by atoms with Gasteiger partial charge in [-0.3, -0.25) is 4.90 Å². The fraction of sp³-hybridized carbons (Fsp3) is 0.350. The Hall–Kier alpha value is -3.45. The lowest BCUT2D eigenvalue weighted by molar-refractivity contribution is -0.141. The molecule has 3 atom stereocenters. The van der Waals surface area contributed by atoms with Gasteiger partial charge in [0, 0.05) is 16.7 Å². The zero-order valence-electron chi connectivity index (χ0n) is 17.7. The topological polar surface area (TPSA) is 127 Å². The number of carbonyl (C=O) groups excluding carboxylic acids is 1. The van der Waals surface area contributed by atoms with E-state index < -0.39 is 42.1 Å².